The SMILES string of the molecule is Cc1cnc(CNCC2(C3CC3)CC2)c(C)c1[N+](=O)[O-]. The van der Waals surface area contributed by atoms with Crippen LogP contribution in [-0.4, -0.2) is 16.5 Å². The highest BCUT2D eigenvalue weighted by Gasteiger charge is 2.53. The van der Waals surface area contributed by atoms with Gasteiger partial charge in [0.2, 0.25) is 0 Å². The number of aryl methyl sites for hydroxylation is 1. The van der Waals surface area contributed by atoms with Gasteiger partial charge in [-0.15, -0.1) is 0 Å². The minimum absolute atomic E-state index is 0.208. The van der Waals surface area contributed by atoms with Crippen molar-refractivity contribution in [3.63, 3.8) is 0 Å². The maximum absolute atomic E-state index is 11.1. The number of rotatable bonds is 6. The second kappa shape index (κ2) is 4.81. The Kier molecular flexibility index (Phi) is 3.24. The Balaban J connectivity index is 1.65. The smallest absolute Gasteiger partial charge is 0.278 e. The summed E-state index contributed by atoms with van der Waals surface area (Å²) in [7, 11) is 0. The summed E-state index contributed by atoms with van der Waals surface area (Å²) in [6.45, 7) is 5.19. The molecule has 0 atom stereocenters. The summed E-state index contributed by atoms with van der Waals surface area (Å²) in [5, 5.41) is 14.6. The van der Waals surface area contributed by atoms with Gasteiger partial charge < -0.3 is 5.32 Å². The van der Waals surface area contributed by atoms with Crippen molar-refractivity contribution in [2.45, 2.75) is 46.1 Å². The van der Waals surface area contributed by atoms with Gasteiger partial charge in [-0.2, -0.15) is 0 Å². The van der Waals surface area contributed by atoms with Crippen LogP contribution >= 0.6 is 0 Å². The van der Waals surface area contributed by atoms with Crippen LogP contribution in [0, 0.1) is 35.3 Å². The van der Waals surface area contributed by atoms with E-state index < -0.39 is 0 Å². The molecule has 0 radical (unpaired) electrons. The van der Waals surface area contributed by atoms with Crippen molar-refractivity contribution in [3.8, 4) is 0 Å². The normalized spacial score (nSPS) is 19.9. The van der Waals surface area contributed by atoms with Crippen LogP contribution in [0.5, 0.6) is 0 Å². The lowest BCUT2D eigenvalue weighted by molar-refractivity contribution is -0.386. The summed E-state index contributed by atoms with van der Waals surface area (Å²) in [5.41, 5.74) is 2.88. The van der Waals surface area contributed by atoms with Crippen LogP contribution in [0.15, 0.2) is 6.20 Å². The monoisotopic (exact) mass is 275 g/mol. The van der Waals surface area contributed by atoms with Crippen LogP contribution < -0.4 is 5.32 Å². The third-order valence-corrected chi connectivity index (χ3v) is 4.86. The highest BCUT2D eigenvalue weighted by Crippen LogP contribution is 2.60. The van der Waals surface area contributed by atoms with Crippen molar-refractivity contribution in [3.05, 3.63) is 33.1 Å². The van der Waals surface area contributed by atoms with Crippen LogP contribution in [-0.2, 0) is 6.54 Å². The number of pyridine rings is 1. The zero-order valence-corrected chi connectivity index (χ0v) is 12.1. The minimum atomic E-state index is -0.303. The van der Waals surface area contributed by atoms with E-state index in [9.17, 15) is 10.1 Å². The average Bonchev–Trinajstić information content (AvgIpc) is 3.25. The van der Waals surface area contributed by atoms with Crippen molar-refractivity contribution in [2.75, 3.05) is 6.54 Å². The summed E-state index contributed by atoms with van der Waals surface area (Å²) >= 11 is 0. The number of nitro groups is 1. The molecule has 2 aliphatic carbocycles. The topological polar surface area (TPSA) is 68.1 Å². The van der Waals surface area contributed by atoms with Gasteiger partial charge in [0.1, 0.15) is 0 Å². The molecular weight excluding hydrogens is 254 g/mol. The van der Waals surface area contributed by atoms with Crippen molar-refractivity contribution < 1.29 is 4.92 Å². The van der Waals surface area contributed by atoms with E-state index in [-0.39, 0.29) is 10.6 Å². The maximum atomic E-state index is 11.1. The molecule has 0 aliphatic heterocycles. The Morgan fingerprint density at radius 3 is 2.70 bits per heavy atom. The van der Waals surface area contributed by atoms with Gasteiger partial charge in [0.05, 0.1) is 10.6 Å². The summed E-state index contributed by atoms with van der Waals surface area (Å²) in [6.07, 6.45) is 7.05. The molecule has 5 nitrogen and oxygen atoms in total. The van der Waals surface area contributed by atoms with Crippen LogP contribution in [0.2, 0.25) is 0 Å². The van der Waals surface area contributed by atoms with Crippen molar-refractivity contribution in [2.24, 2.45) is 11.3 Å². The van der Waals surface area contributed by atoms with Gasteiger partial charge >= 0.3 is 0 Å². The molecular formula is C15H21N3O2. The standard InChI is InChI=1S/C15H21N3O2/c1-10-7-17-13(11(2)14(10)18(19)20)8-16-9-15(5-6-15)12-3-4-12/h7,12,16H,3-6,8-9H2,1-2H3. The largest absolute Gasteiger partial charge is 0.311 e. The predicted molar refractivity (Wildman–Crippen MR) is 76.5 cm³/mol. The summed E-state index contributed by atoms with van der Waals surface area (Å²) in [5.74, 6) is 0.927. The molecule has 1 N–H and O–H groups in total. The maximum Gasteiger partial charge on any atom is 0.278 e. The van der Waals surface area contributed by atoms with Gasteiger partial charge in [0.25, 0.3) is 5.69 Å². The fourth-order valence-electron chi connectivity index (χ4n) is 3.24. The summed E-state index contributed by atoms with van der Waals surface area (Å²) < 4.78 is 0. The quantitative estimate of drug-likeness (QED) is 0.640. The second-order valence-corrected chi connectivity index (χ2v) is 6.36. The highest BCUT2D eigenvalue weighted by molar-refractivity contribution is 5.47. The third kappa shape index (κ3) is 2.42. The molecule has 1 heterocycles. The number of nitrogens with zero attached hydrogens (tertiary/aromatic N) is 2. The van der Waals surface area contributed by atoms with Crippen LogP contribution in [0.4, 0.5) is 5.69 Å². The van der Waals surface area contributed by atoms with Gasteiger partial charge in [-0.25, -0.2) is 0 Å². The summed E-state index contributed by atoms with van der Waals surface area (Å²) in [4.78, 5) is 15.1. The van der Waals surface area contributed by atoms with E-state index in [1.54, 1.807) is 20.0 Å². The van der Waals surface area contributed by atoms with Crippen molar-refractivity contribution >= 4 is 5.69 Å². The molecule has 0 spiro atoms. The molecule has 2 aliphatic rings. The molecule has 1 aromatic rings. The number of hydrogen-bond donors (Lipinski definition) is 1. The molecule has 3 rings (SSSR count). The Bertz CT molecular complexity index is 548. The van der Waals surface area contributed by atoms with Gasteiger partial charge in [0.15, 0.2) is 0 Å². The summed E-state index contributed by atoms with van der Waals surface area (Å²) in [6, 6.07) is 0. The van der Waals surface area contributed by atoms with Gasteiger partial charge in [-0.1, -0.05) is 0 Å². The lowest BCUT2D eigenvalue weighted by atomic mass is 10.0. The molecule has 0 aromatic carbocycles. The van der Waals surface area contributed by atoms with Crippen LogP contribution in [0.25, 0.3) is 0 Å². The van der Waals surface area contributed by atoms with E-state index in [2.05, 4.69) is 10.3 Å². The molecule has 108 valence electrons. The molecule has 20 heavy (non-hydrogen) atoms. The molecule has 5 heteroatoms. The van der Waals surface area contributed by atoms with E-state index in [4.69, 9.17) is 0 Å². The fraction of sp³-hybridized carbons (Fsp3) is 0.667. The first-order chi connectivity index (χ1) is 9.53. The van der Waals surface area contributed by atoms with E-state index in [1.807, 2.05) is 0 Å². The van der Waals surface area contributed by atoms with Crippen LogP contribution in [0.1, 0.15) is 42.5 Å². The molecule has 1 aromatic heterocycles. The Morgan fingerprint density at radius 2 is 2.15 bits per heavy atom. The Morgan fingerprint density at radius 1 is 1.45 bits per heavy atom. The highest BCUT2D eigenvalue weighted by atomic mass is 16.6. The minimum Gasteiger partial charge on any atom is -0.311 e. The first-order valence-corrected chi connectivity index (χ1v) is 7.34. The van der Waals surface area contributed by atoms with E-state index >= 15 is 0 Å². The van der Waals surface area contributed by atoms with E-state index in [1.165, 1.54) is 25.7 Å². The lowest BCUT2D eigenvalue weighted by Crippen LogP contribution is -2.25. The first kappa shape index (κ1) is 13.5. The molecule has 0 unspecified atom stereocenters. The predicted octanol–water partition coefficient (Wildman–Crippen LogP) is 2.89. The number of hydrogen-bond acceptors (Lipinski definition) is 4. The average molecular weight is 275 g/mol. The van der Waals surface area contributed by atoms with Gasteiger partial charge in [-0.3, -0.25) is 15.1 Å². The molecule has 2 saturated carbocycles. The second-order valence-electron chi connectivity index (χ2n) is 6.36. The first-order valence-electron chi connectivity index (χ1n) is 7.34. The number of nitrogens with one attached hydrogen (secondary N) is 1. The van der Waals surface area contributed by atoms with E-state index in [0.29, 0.717) is 23.1 Å². The molecule has 0 saturated heterocycles. The fourth-order valence-corrected chi connectivity index (χ4v) is 3.24. The van der Waals surface area contributed by atoms with Gasteiger partial charge in [-0.05, 0) is 50.9 Å². The van der Waals surface area contributed by atoms with E-state index in [0.717, 1.165) is 18.2 Å². The third-order valence-electron chi connectivity index (χ3n) is 4.86. The van der Waals surface area contributed by atoms with Crippen molar-refractivity contribution in [1.29, 1.82) is 0 Å². The lowest BCUT2D eigenvalue weighted by Gasteiger charge is -2.15. The van der Waals surface area contributed by atoms with Crippen LogP contribution in [0.3, 0.4) is 0 Å². The van der Waals surface area contributed by atoms with Crippen molar-refractivity contribution in [1.82, 2.24) is 10.3 Å². The Labute approximate surface area is 118 Å². The number of aromatic nitrogens is 1. The van der Waals surface area contributed by atoms with Gasteiger partial charge in [0, 0.05) is 30.4 Å². The molecule has 2 fully saturated rings. The zero-order valence-electron chi connectivity index (χ0n) is 12.1. The Hall–Kier alpha value is -1.49. The zero-order chi connectivity index (χ0) is 14.3. The molecule has 0 amide bonds. The molecule has 0 bridgehead atoms.